The fourth-order valence-electron chi connectivity index (χ4n) is 2.70. The van der Waals surface area contributed by atoms with E-state index in [0.717, 1.165) is 11.7 Å². The van der Waals surface area contributed by atoms with Crippen molar-refractivity contribution in [1.29, 1.82) is 0 Å². The SMILES string of the molecule is CCCC(NC(C)c1ccccc1OC)C1CC1. The van der Waals surface area contributed by atoms with E-state index in [1.165, 1.54) is 31.2 Å². The molecule has 2 unspecified atom stereocenters. The van der Waals surface area contributed by atoms with Gasteiger partial charge in [0.25, 0.3) is 0 Å². The zero-order chi connectivity index (χ0) is 13.0. The van der Waals surface area contributed by atoms with E-state index >= 15 is 0 Å². The Morgan fingerprint density at radius 3 is 2.67 bits per heavy atom. The molecule has 1 saturated carbocycles. The average Bonchev–Trinajstić information content (AvgIpc) is 3.22. The van der Waals surface area contributed by atoms with Gasteiger partial charge in [0.2, 0.25) is 0 Å². The lowest BCUT2D eigenvalue weighted by atomic mass is 10.0. The van der Waals surface area contributed by atoms with Crippen molar-refractivity contribution < 1.29 is 4.74 Å². The summed E-state index contributed by atoms with van der Waals surface area (Å²) in [6.45, 7) is 4.51. The van der Waals surface area contributed by atoms with Crippen molar-refractivity contribution in [3.8, 4) is 5.75 Å². The second-order valence-electron chi connectivity index (χ2n) is 5.36. The summed E-state index contributed by atoms with van der Waals surface area (Å²) < 4.78 is 5.44. The molecule has 2 rings (SSSR count). The maximum Gasteiger partial charge on any atom is 0.123 e. The van der Waals surface area contributed by atoms with Gasteiger partial charge in [-0.3, -0.25) is 0 Å². The smallest absolute Gasteiger partial charge is 0.123 e. The summed E-state index contributed by atoms with van der Waals surface area (Å²) in [5.74, 6) is 1.89. The number of methoxy groups -OCH3 is 1. The molecule has 0 saturated heterocycles. The third kappa shape index (κ3) is 3.26. The molecule has 0 radical (unpaired) electrons. The van der Waals surface area contributed by atoms with Gasteiger partial charge < -0.3 is 10.1 Å². The Morgan fingerprint density at radius 2 is 2.06 bits per heavy atom. The molecule has 0 amide bonds. The van der Waals surface area contributed by atoms with Crippen molar-refractivity contribution >= 4 is 0 Å². The van der Waals surface area contributed by atoms with Crippen molar-refractivity contribution in [1.82, 2.24) is 5.32 Å². The number of benzene rings is 1. The van der Waals surface area contributed by atoms with E-state index in [1.807, 2.05) is 12.1 Å². The molecule has 0 heterocycles. The van der Waals surface area contributed by atoms with Crippen LogP contribution in [0.2, 0.25) is 0 Å². The third-order valence-corrected chi connectivity index (χ3v) is 3.86. The lowest BCUT2D eigenvalue weighted by molar-refractivity contribution is 0.370. The molecule has 18 heavy (non-hydrogen) atoms. The van der Waals surface area contributed by atoms with Crippen LogP contribution in [0.15, 0.2) is 24.3 Å². The average molecular weight is 247 g/mol. The van der Waals surface area contributed by atoms with Gasteiger partial charge in [-0.2, -0.15) is 0 Å². The minimum atomic E-state index is 0.360. The predicted molar refractivity (Wildman–Crippen MR) is 76.0 cm³/mol. The Kier molecular flexibility index (Phi) is 4.65. The summed E-state index contributed by atoms with van der Waals surface area (Å²) >= 11 is 0. The van der Waals surface area contributed by atoms with Crippen LogP contribution in [-0.2, 0) is 0 Å². The first kappa shape index (κ1) is 13.4. The van der Waals surface area contributed by atoms with Gasteiger partial charge >= 0.3 is 0 Å². The molecular formula is C16H25NO. The van der Waals surface area contributed by atoms with Crippen LogP contribution in [0.1, 0.15) is 51.1 Å². The van der Waals surface area contributed by atoms with E-state index in [1.54, 1.807) is 7.11 Å². The molecule has 1 aliphatic carbocycles. The number of hydrogen-bond donors (Lipinski definition) is 1. The van der Waals surface area contributed by atoms with Gasteiger partial charge in [0.15, 0.2) is 0 Å². The third-order valence-electron chi connectivity index (χ3n) is 3.86. The number of hydrogen-bond acceptors (Lipinski definition) is 2. The highest BCUT2D eigenvalue weighted by molar-refractivity contribution is 5.35. The predicted octanol–water partition coefficient (Wildman–Crippen LogP) is 3.92. The van der Waals surface area contributed by atoms with Crippen molar-refractivity contribution in [2.75, 3.05) is 7.11 Å². The van der Waals surface area contributed by atoms with Crippen molar-refractivity contribution in [3.63, 3.8) is 0 Å². The Labute approximate surface area is 111 Å². The second-order valence-corrected chi connectivity index (χ2v) is 5.36. The summed E-state index contributed by atoms with van der Waals surface area (Å²) in [5.41, 5.74) is 1.27. The molecule has 1 aromatic rings. The Balaban J connectivity index is 2.03. The van der Waals surface area contributed by atoms with Crippen molar-refractivity contribution in [2.24, 2.45) is 5.92 Å². The summed E-state index contributed by atoms with van der Waals surface area (Å²) in [4.78, 5) is 0. The zero-order valence-corrected chi connectivity index (χ0v) is 11.8. The summed E-state index contributed by atoms with van der Waals surface area (Å²) in [6.07, 6.45) is 5.34. The molecule has 0 aromatic heterocycles. The molecule has 2 nitrogen and oxygen atoms in total. The maximum atomic E-state index is 5.44. The van der Waals surface area contributed by atoms with E-state index in [2.05, 4.69) is 31.3 Å². The van der Waals surface area contributed by atoms with Crippen molar-refractivity contribution in [2.45, 2.75) is 51.6 Å². The minimum Gasteiger partial charge on any atom is -0.496 e. The van der Waals surface area contributed by atoms with E-state index in [-0.39, 0.29) is 0 Å². The summed E-state index contributed by atoms with van der Waals surface area (Å²) in [7, 11) is 1.75. The van der Waals surface area contributed by atoms with Crippen LogP contribution in [0.25, 0.3) is 0 Å². The second kappa shape index (κ2) is 6.24. The molecule has 100 valence electrons. The molecule has 1 fully saturated rings. The van der Waals surface area contributed by atoms with Gasteiger partial charge in [-0.05, 0) is 38.2 Å². The molecule has 1 aromatic carbocycles. The first-order chi connectivity index (χ1) is 8.76. The Bertz CT molecular complexity index is 373. The Hall–Kier alpha value is -1.02. The summed E-state index contributed by atoms with van der Waals surface area (Å²) in [6, 6.07) is 9.35. The number of para-hydroxylation sites is 1. The molecule has 0 bridgehead atoms. The number of nitrogens with one attached hydrogen (secondary N) is 1. The highest BCUT2D eigenvalue weighted by atomic mass is 16.5. The van der Waals surface area contributed by atoms with Gasteiger partial charge in [-0.15, -0.1) is 0 Å². The minimum absolute atomic E-state index is 0.360. The van der Waals surface area contributed by atoms with Crippen LogP contribution in [-0.4, -0.2) is 13.2 Å². The van der Waals surface area contributed by atoms with Crippen LogP contribution in [0, 0.1) is 5.92 Å². The zero-order valence-electron chi connectivity index (χ0n) is 11.8. The maximum absolute atomic E-state index is 5.44. The van der Waals surface area contributed by atoms with Crippen molar-refractivity contribution in [3.05, 3.63) is 29.8 Å². The topological polar surface area (TPSA) is 21.3 Å². The van der Waals surface area contributed by atoms with E-state index in [9.17, 15) is 0 Å². The standard InChI is InChI=1S/C16H25NO/c1-4-7-15(13-10-11-13)17-12(2)14-8-5-6-9-16(14)18-3/h5-6,8-9,12-13,15,17H,4,7,10-11H2,1-3H3. The van der Waals surface area contributed by atoms with Crippen LogP contribution in [0.3, 0.4) is 0 Å². The highest BCUT2D eigenvalue weighted by Crippen LogP contribution is 2.36. The molecule has 1 N–H and O–H groups in total. The molecule has 2 atom stereocenters. The lowest BCUT2D eigenvalue weighted by Gasteiger charge is -2.24. The van der Waals surface area contributed by atoms with Gasteiger partial charge in [-0.1, -0.05) is 31.5 Å². The van der Waals surface area contributed by atoms with Crippen LogP contribution in [0.5, 0.6) is 5.75 Å². The summed E-state index contributed by atoms with van der Waals surface area (Å²) in [5, 5.41) is 3.79. The van der Waals surface area contributed by atoms with E-state index < -0.39 is 0 Å². The van der Waals surface area contributed by atoms with E-state index in [0.29, 0.717) is 12.1 Å². The van der Waals surface area contributed by atoms with Gasteiger partial charge in [0.1, 0.15) is 5.75 Å². The number of rotatable bonds is 7. The fourth-order valence-corrected chi connectivity index (χ4v) is 2.70. The first-order valence-corrected chi connectivity index (χ1v) is 7.15. The molecular weight excluding hydrogens is 222 g/mol. The quantitative estimate of drug-likeness (QED) is 0.788. The van der Waals surface area contributed by atoms with Gasteiger partial charge in [0.05, 0.1) is 7.11 Å². The lowest BCUT2D eigenvalue weighted by Crippen LogP contribution is -2.33. The molecule has 0 aliphatic heterocycles. The fraction of sp³-hybridized carbons (Fsp3) is 0.625. The molecule has 1 aliphatic rings. The molecule has 0 spiro atoms. The van der Waals surface area contributed by atoms with Gasteiger partial charge in [-0.25, -0.2) is 0 Å². The monoisotopic (exact) mass is 247 g/mol. The van der Waals surface area contributed by atoms with Crippen LogP contribution >= 0.6 is 0 Å². The number of ether oxygens (including phenoxy) is 1. The Morgan fingerprint density at radius 1 is 1.33 bits per heavy atom. The molecule has 2 heteroatoms. The first-order valence-electron chi connectivity index (χ1n) is 7.15. The van der Waals surface area contributed by atoms with Crippen LogP contribution in [0.4, 0.5) is 0 Å². The van der Waals surface area contributed by atoms with E-state index in [4.69, 9.17) is 4.74 Å². The normalized spacial score (nSPS) is 18.4. The van der Waals surface area contributed by atoms with Gasteiger partial charge in [0, 0.05) is 17.6 Å². The largest absolute Gasteiger partial charge is 0.496 e. The van der Waals surface area contributed by atoms with Crippen LogP contribution < -0.4 is 10.1 Å². The highest BCUT2D eigenvalue weighted by Gasteiger charge is 2.31.